The van der Waals surface area contributed by atoms with Crippen LogP contribution in [0.4, 0.5) is 0 Å². The van der Waals surface area contributed by atoms with Crippen molar-refractivity contribution in [2.24, 2.45) is 5.92 Å². The zero-order valence-electron chi connectivity index (χ0n) is 11.7. The quantitative estimate of drug-likeness (QED) is 0.860. The van der Waals surface area contributed by atoms with Crippen molar-refractivity contribution in [3.8, 4) is 0 Å². The molecule has 2 aliphatic rings. The van der Waals surface area contributed by atoms with Gasteiger partial charge in [0.15, 0.2) is 0 Å². The van der Waals surface area contributed by atoms with E-state index >= 15 is 0 Å². The Balaban J connectivity index is 2.23. The summed E-state index contributed by atoms with van der Waals surface area (Å²) in [6, 6.07) is 7.72. The van der Waals surface area contributed by atoms with Crippen molar-refractivity contribution in [3.63, 3.8) is 0 Å². The summed E-state index contributed by atoms with van der Waals surface area (Å²) in [7, 11) is 0. The summed E-state index contributed by atoms with van der Waals surface area (Å²) in [6.45, 7) is 5.89. The topological polar surface area (TPSA) is 58.2 Å². The van der Waals surface area contributed by atoms with E-state index in [0.717, 1.165) is 11.1 Å². The second kappa shape index (κ2) is 4.34. The standard InChI is InChI=1S/C16H16N2O2/c1-8(2)13-11-12(16(20)17-13)14(18-15(11)19)10-7-5-4-6-9(10)3/h4-8H,1-3H3,(H,17,20)(H,18,19). The third kappa shape index (κ3) is 1.68. The van der Waals surface area contributed by atoms with E-state index in [1.165, 1.54) is 0 Å². The highest BCUT2D eigenvalue weighted by molar-refractivity contribution is 6.25. The minimum Gasteiger partial charge on any atom is -0.325 e. The van der Waals surface area contributed by atoms with Gasteiger partial charge in [-0.05, 0) is 18.4 Å². The molecule has 20 heavy (non-hydrogen) atoms. The van der Waals surface area contributed by atoms with Crippen molar-refractivity contribution in [2.45, 2.75) is 20.8 Å². The summed E-state index contributed by atoms with van der Waals surface area (Å²) >= 11 is 0. The summed E-state index contributed by atoms with van der Waals surface area (Å²) in [5.41, 5.74) is 4.24. The van der Waals surface area contributed by atoms with Gasteiger partial charge in [0.1, 0.15) is 0 Å². The van der Waals surface area contributed by atoms with Crippen LogP contribution in [0.5, 0.6) is 0 Å². The highest BCUT2D eigenvalue weighted by atomic mass is 16.2. The summed E-state index contributed by atoms with van der Waals surface area (Å²) in [6.07, 6.45) is 0. The number of fused-ring (bicyclic) bond motifs is 1. The molecule has 0 aliphatic carbocycles. The van der Waals surface area contributed by atoms with Crippen LogP contribution in [-0.2, 0) is 9.59 Å². The van der Waals surface area contributed by atoms with Crippen LogP contribution in [-0.4, -0.2) is 11.8 Å². The van der Waals surface area contributed by atoms with E-state index in [4.69, 9.17) is 0 Å². The van der Waals surface area contributed by atoms with Crippen LogP contribution >= 0.6 is 0 Å². The van der Waals surface area contributed by atoms with Gasteiger partial charge in [-0.15, -0.1) is 0 Å². The monoisotopic (exact) mass is 268 g/mol. The summed E-state index contributed by atoms with van der Waals surface area (Å²) < 4.78 is 0. The number of nitrogens with one attached hydrogen (secondary N) is 2. The summed E-state index contributed by atoms with van der Waals surface area (Å²) in [5.74, 6) is -0.283. The summed E-state index contributed by atoms with van der Waals surface area (Å²) in [5, 5.41) is 5.68. The highest BCUT2D eigenvalue weighted by Crippen LogP contribution is 2.36. The Morgan fingerprint density at radius 1 is 0.950 bits per heavy atom. The molecule has 0 atom stereocenters. The molecule has 102 valence electrons. The minimum absolute atomic E-state index is 0.105. The first-order valence-electron chi connectivity index (χ1n) is 6.68. The first kappa shape index (κ1) is 12.7. The number of allylic oxidation sites excluding steroid dienone is 1. The first-order chi connectivity index (χ1) is 9.50. The zero-order valence-corrected chi connectivity index (χ0v) is 11.7. The van der Waals surface area contributed by atoms with Crippen molar-refractivity contribution in [2.75, 3.05) is 0 Å². The largest absolute Gasteiger partial charge is 0.325 e. The second-order valence-electron chi connectivity index (χ2n) is 5.42. The Morgan fingerprint density at radius 3 is 2.25 bits per heavy atom. The Bertz CT molecular complexity index is 696. The van der Waals surface area contributed by atoms with Crippen LogP contribution in [0.15, 0.2) is 41.1 Å². The molecule has 1 aromatic rings. The predicted octanol–water partition coefficient (Wildman–Crippen LogP) is 1.88. The van der Waals surface area contributed by atoms with Crippen molar-refractivity contribution in [1.29, 1.82) is 0 Å². The second-order valence-corrected chi connectivity index (χ2v) is 5.42. The number of rotatable bonds is 2. The molecular weight excluding hydrogens is 252 g/mol. The van der Waals surface area contributed by atoms with Crippen LogP contribution in [0, 0.1) is 12.8 Å². The molecule has 2 N–H and O–H groups in total. The maximum Gasteiger partial charge on any atom is 0.258 e. The fraction of sp³-hybridized carbons (Fsp3) is 0.250. The van der Waals surface area contributed by atoms with Gasteiger partial charge in [0.2, 0.25) is 0 Å². The molecule has 2 amide bonds. The van der Waals surface area contributed by atoms with Crippen LogP contribution in [0.1, 0.15) is 25.0 Å². The van der Waals surface area contributed by atoms with Gasteiger partial charge in [0.25, 0.3) is 11.8 Å². The Morgan fingerprint density at radius 2 is 1.60 bits per heavy atom. The van der Waals surface area contributed by atoms with E-state index in [2.05, 4.69) is 10.6 Å². The average molecular weight is 268 g/mol. The molecule has 0 bridgehead atoms. The Labute approximate surface area is 117 Å². The van der Waals surface area contributed by atoms with Crippen molar-refractivity contribution in [1.82, 2.24) is 10.6 Å². The van der Waals surface area contributed by atoms with Crippen LogP contribution in [0.3, 0.4) is 0 Å². The summed E-state index contributed by atoms with van der Waals surface area (Å²) in [4.78, 5) is 24.4. The SMILES string of the molecule is Cc1ccccc1C1=C2C(=O)NC(C(C)C)=C2C(=O)N1. The molecule has 0 saturated carbocycles. The molecule has 0 radical (unpaired) electrons. The van der Waals surface area contributed by atoms with E-state index in [9.17, 15) is 9.59 Å². The molecule has 2 aliphatic heterocycles. The molecule has 4 heteroatoms. The van der Waals surface area contributed by atoms with Gasteiger partial charge in [-0.3, -0.25) is 9.59 Å². The molecule has 2 heterocycles. The van der Waals surface area contributed by atoms with Crippen LogP contribution in [0.2, 0.25) is 0 Å². The molecule has 0 unspecified atom stereocenters. The molecule has 1 aromatic carbocycles. The van der Waals surface area contributed by atoms with Gasteiger partial charge in [0, 0.05) is 11.3 Å². The molecule has 0 aromatic heterocycles. The fourth-order valence-electron chi connectivity index (χ4n) is 2.70. The predicted molar refractivity (Wildman–Crippen MR) is 76.2 cm³/mol. The number of benzene rings is 1. The van der Waals surface area contributed by atoms with Gasteiger partial charge in [-0.25, -0.2) is 0 Å². The Hall–Kier alpha value is -2.36. The third-order valence-corrected chi connectivity index (χ3v) is 3.70. The lowest BCUT2D eigenvalue weighted by atomic mass is 9.99. The van der Waals surface area contributed by atoms with Crippen LogP contribution < -0.4 is 10.6 Å². The van der Waals surface area contributed by atoms with Gasteiger partial charge >= 0.3 is 0 Å². The zero-order chi connectivity index (χ0) is 14.4. The lowest BCUT2D eigenvalue weighted by Crippen LogP contribution is -2.24. The van der Waals surface area contributed by atoms with Crippen LogP contribution in [0.25, 0.3) is 5.70 Å². The lowest BCUT2D eigenvalue weighted by Gasteiger charge is -2.10. The van der Waals surface area contributed by atoms with Gasteiger partial charge in [0.05, 0.1) is 16.8 Å². The number of carbonyl (C=O) groups is 2. The van der Waals surface area contributed by atoms with Gasteiger partial charge in [-0.2, -0.15) is 0 Å². The average Bonchev–Trinajstić information content (AvgIpc) is 2.90. The maximum absolute atomic E-state index is 12.2. The van der Waals surface area contributed by atoms with Crippen molar-refractivity contribution >= 4 is 17.5 Å². The third-order valence-electron chi connectivity index (χ3n) is 3.70. The molecule has 0 saturated heterocycles. The van der Waals surface area contributed by atoms with Gasteiger partial charge < -0.3 is 10.6 Å². The molecule has 0 fully saturated rings. The van der Waals surface area contributed by atoms with E-state index in [1.807, 2.05) is 45.0 Å². The number of hydrogen-bond donors (Lipinski definition) is 2. The molecule has 4 nitrogen and oxygen atoms in total. The highest BCUT2D eigenvalue weighted by Gasteiger charge is 2.41. The number of amides is 2. The van der Waals surface area contributed by atoms with Crippen molar-refractivity contribution < 1.29 is 9.59 Å². The van der Waals surface area contributed by atoms with E-state index < -0.39 is 0 Å². The van der Waals surface area contributed by atoms with E-state index in [-0.39, 0.29) is 17.7 Å². The smallest absolute Gasteiger partial charge is 0.258 e. The Kier molecular flexibility index (Phi) is 2.74. The fourth-order valence-corrected chi connectivity index (χ4v) is 2.70. The first-order valence-corrected chi connectivity index (χ1v) is 6.68. The van der Waals surface area contributed by atoms with E-state index in [0.29, 0.717) is 22.5 Å². The van der Waals surface area contributed by atoms with Gasteiger partial charge in [-0.1, -0.05) is 38.1 Å². The molecular formula is C16H16N2O2. The number of hydrogen-bond acceptors (Lipinski definition) is 2. The minimum atomic E-state index is -0.194. The van der Waals surface area contributed by atoms with E-state index in [1.54, 1.807) is 0 Å². The molecule has 3 rings (SSSR count). The normalized spacial score (nSPS) is 17.8. The molecule has 0 spiro atoms. The maximum atomic E-state index is 12.2. The van der Waals surface area contributed by atoms with Crippen molar-refractivity contribution in [3.05, 3.63) is 52.2 Å². The number of carbonyl (C=O) groups excluding carboxylic acids is 2. The lowest BCUT2D eigenvalue weighted by molar-refractivity contribution is -0.117. The number of aryl methyl sites for hydroxylation is 1.